The van der Waals surface area contributed by atoms with Crippen molar-refractivity contribution in [2.75, 3.05) is 0 Å². The van der Waals surface area contributed by atoms with E-state index in [2.05, 4.69) is 26.2 Å². The summed E-state index contributed by atoms with van der Waals surface area (Å²) < 4.78 is 2.69. The molecule has 0 aliphatic rings. The zero-order valence-electron chi connectivity index (χ0n) is 8.61. The molecule has 0 fully saturated rings. The molecule has 0 unspecified atom stereocenters. The quantitative estimate of drug-likeness (QED) is 0.907. The number of aliphatic hydroxyl groups is 1. The van der Waals surface area contributed by atoms with E-state index in [4.69, 9.17) is 0 Å². The minimum Gasteiger partial charge on any atom is -0.389 e. The first kappa shape index (κ1) is 10.6. The maximum Gasteiger partial charge on any atom is 0.113 e. The van der Waals surface area contributed by atoms with Gasteiger partial charge in [-0.05, 0) is 32.0 Å². The van der Waals surface area contributed by atoms with Gasteiger partial charge in [0, 0.05) is 4.47 Å². The van der Waals surface area contributed by atoms with Gasteiger partial charge in [-0.25, -0.2) is 4.68 Å². The van der Waals surface area contributed by atoms with Gasteiger partial charge in [-0.1, -0.05) is 21.1 Å². The zero-order valence-corrected chi connectivity index (χ0v) is 10.2. The van der Waals surface area contributed by atoms with Crippen LogP contribution in [0.2, 0.25) is 0 Å². The number of nitrogens with zero attached hydrogens (tertiary/aromatic N) is 3. The average Bonchev–Trinajstić information content (AvgIpc) is 2.46. The van der Waals surface area contributed by atoms with Gasteiger partial charge < -0.3 is 5.11 Å². The number of rotatable bonds is 2. The molecule has 0 aliphatic carbocycles. The summed E-state index contributed by atoms with van der Waals surface area (Å²) in [6.45, 7) is 3.93. The Bertz CT molecular complexity index is 487. The first-order valence-electron chi connectivity index (χ1n) is 4.67. The summed E-state index contributed by atoms with van der Waals surface area (Å²) in [5.41, 5.74) is 0.970. The maximum atomic E-state index is 9.72. The highest BCUT2D eigenvalue weighted by atomic mass is 79.9. The Morgan fingerprint density at radius 1 is 1.47 bits per heavy atom. The fourth-order valence-electron chi connectivity index (χ4n) is 1.42. The van der Waals surface area contributed by atoms with Gasteiger partial charge >= 0.3 is 0 Å². The van der Waals surface area contributed by atoms with Crippen molar-refractivity contribution in [2.45, 2.75) is 26.0 Å². The standard InChI is InChI=1S/C10H12BrN3O/c1-10(2,15)6-14-9-5-7(11)3-4-8(9)12-13-14/h3-5,15H,6H2,1-2H3. The average molecular weight is 270 g/mol. The normalized spacial score (nSPS) is 12.3. The smallest absolute Gasteiger partial charge is 0.113 e. The lowest BCUT2D eigenvalue weighted by atomic mass is 10.1. The van der Waals surface area contributed by atoms with Crippen LogP contribution in [0, 0.1) is 0 Å². The second-order valence-corrected chi connectivity index (χ2v) is 5.11. The monoisotopic (exact) mass is 269 g/mol. The molecule has 1 aromatic carbocycles. The van der Waals surface area contributed by atoms with E-state index >= 15 is 0 Å². The maximum absolute atomic E-state index is 9.72. The third-order valence-corrected chi connectivity index (χ3v) is 2.51. The molecule has 0 bridgehead atoms. The van der Waals surface area contributed by atoms with Crippen LogP contribution in [0.25, 0.3) is 11.0 Å². The summed E-state index contributed by atoms with van der Waals surface area (Å²) in [4.78, 5) is 0. The highest BCUT2D eigenvalue weighted by Gasteiger charge is 2.16. The van der Waals surface area contributed by atoms with Crippen LogP contribution in [0.3, 0.4) is 0 Å². The van der Waals surface area contributed by atoms with Gasteiger partial charge in [0.15, 0.2) is 0 Å². The Kier molecular flexibility index (Phi) is 2.52. The molecule has 0 radical (unpaired) electrons. The van der Waals surface area contributed by atoms with E-state index in [-0.39, 0.29) is 0 Å². The van der Waals surface area contributed by atoms with E-state index in [9.17, 15) is 5.11 Å². The van der Waals surface area contributed by atoms with Gasteiger partial charge in [0.1, 0.15) is 5.52 Å². The van der Waals surface area contributed by atoms with Gasteiger partial charge in [-0.2, -0.15) is 0 Å². The molecule has 5 heteroatoms. The van der Waals surface area contributed by atoms with E-state index in [1.165, 1.54) is 0 Å². The van der Waals surface area contributed by atoms with Crippen molar-refractivity contribution in [3.63, 3.8) is 0 Å². The van der Waals surface area contributed by atoms with Crippen molar-refractivity contribution in [3.05, 3.63) is 22.7 Å². The minimum absolute atomic E-state index is 0.431. The third kappa shape index (κ3) is 2.35. The summed E-state index contributed by atoms with van der Waals surface area (Å²) in [5.74, 6) is 0. The van der Waals surface area contributed by atoms with Gasteiger partial charge in [0.2, 0.25) is 0 Å². The fourth-order valence-corrected chi connectivity index (χ4v) is 1.77. The Balaban J connectivity index is 2.48. The Hall–Kier alpha value is -0.940. The van der Waals surface area contributed by atoms with E-state index < -0.39 is 5.60 Å². The molecule has 0 atom stereocenters. The Morgan fingerprint density at radius 3 is 2.87 bits per heavy atom. The van der Waals surface area contributed by atoms with Crippen LogP contribution < -0.4 is 0 Å². The Labute approximate surface area is 96.0 Å². The molecule has 2 rings (SSSR count). The second-order valence-electron chi connectivity index (χ2n) is 4.19. The lowest BCUT2D eigenvalue weighted by Gasteiger charge is -2.16. The zero-order chi connectivity index (χ0) is 11.1. The molecule has 0 saturated carbocycles. The predicted octanol–water partition coefficient (Wildman–Crippen LogP) is 1.96. The van der Waals surface area contributed by atoms with Gasteiger partial charge in [-0.3, -0.25) is 0 Å². The highest BCUT2D eigenvalue weighted by Crippen LogP contribution is 2.19. The van der Waals surface area contributed by atoms with Crippen molar-refractivity contribution in [2.24, 2.45) is 0 Å². The highest BCUT2D eigenvalue weighted by molar-refractivity contribution is 9.10. The summed E-state index contributed by atoms with van der Waals surface area (Å²) in [6, 6.07) is 5.76. The van der Waals surface area contributed by atoms with E-state index in [0.717, 1.165) is 15.5 Å². The van der Waals surface area contributed by atoms with Gasteiger partial charge in [0.25, 0.3) is 0 Å². The van der Waals surface area contributed by atoms with Crippen molar-refractivity contribution in [1.82, 2.24) is 15.0 Å². The molecular formula is C10H12BrN3O. The topological polar surface area (TPSA) is 50.9 Å². The molecule has 1 N–H and O–H groups in total. The molecular weight excluding hydrogens is 258 g/mol. The Morgan fingerprint density at radius 2 is 2.20 bits per heavy atom. The van der Waals surface area contributed by atoms with Crippen LogP contribution in [0.15, 0.2) is 22.7 Å². The van der Waals surface area contributed by atoms with E-state index in [1.54, 1.807) is 18.5 Å². The van der Waals surface area contributed by atoms with Crippen molar-refractivity contribution in [1.29, 1.82) is 0 Å². The van der Waals surface area contributed by atoms with E-state index in [0.29, 0.717) is 6.54 Å². The van der Waals surface area contributed by atoms with Crippen molar-refractivity contribution < 1.29 is 5.11 Å². The van der Waals surface area contributed by atoms with Gasteiger partial charge in [0.05, 0.1) is 17.7 Å². The van der Waals surface area contributed by atoms with Gasteiger partial charge in [-0.15, -0.1) is 5.10 Å². The SMILES string of the molecule is CC(C)(O)Cn1nnc2ccc(Br)cc21. The minimum atomic E-state index is -0.789. The number of fused-ring (bicyclic) bond motifs is 1. The van der Waals surface area contributed by atoms with Crippen LogP contribution in [0.1, 0.15) is 13.8 Å². The predicted molar refractivity (Wildman–Crippen MR) is 61.5 cm³/mol. The lowest BCUT2D eigenvalue weighted by Crippen LogP contribution is -2.26. The van der Waals surface area contributed by atoms with Crippen molar-refractivity contribution in [3.8, 4) is 0 Å². The first-order valence-corrected chi connectivity index (χ1v) is 5.46. The number of hydrogen-bond donors (Lipinski definition) is 1. The van der Waals surface area contributed by atoms with E-state index in [1.807, 2.05) is 18.2 Å². The molecule has 1 aromatic heterocycles. The molecule has 0 spiro atoms. The second kappa shape index (κ2) is 3.57. The molecule has 0 amide bonds. The molecule has 0 saturated heterocycles. The van der Waals surface area contributed by atoms with Crippen molar-refractivity contribution >= 4 is 27.0 Å². The van der Waals surface area contributed by atoms with Crippen LogP contribution in [-0.2, 0) is 6.54 Å². The number of aromatic nitrogens is 3. The van der Waals surface area contributed by atoms with Crippen LogP contribution in [-0.4, -0.2) is 25.7 Å². The van der Waals surface area contributed by atoms with Crippen LogP contribution in [0.5, 0.6) is 0 Å². The summed E-state index contributed by atoms with van der Waals surface area (Å²) in [7, 11) is 0. The molecule has 2 aromatic rings. The molecule has 1 heterocycles. The summed E-state index contributed by atoms with van der Waals surface area (Å²) >= 11 is 3.40. The molecule has 80 valence electrons. The number of benzene rings is 1. The summed E-state index contributed by atoms with van der Waals surface area (Å²) in [6.07, 6.45) is 0. The largest absolute Gasteiger partial charge is 0.389 e. The number of halogens is 1. The van der Waals surface area contributed by atoms with Crippen LogP contribution >= 0.6 is 15.9 Å². The third-order valence-electron chi connectivity index (χ3n) is 2.01. The van der Waals surface area contributed by atoms with Crippen LogP contribution in [0.4, 0.5) is 0 Å². The first-order chi connectivity index (χ1) is 6.96. The summed E-state index contributed by atoms with van der Waals surface area (Å²) in [5, 5.41) is 17.8. The molecule has 4 nitrogen and oxygen atoms in total. The molecule has 0 aliphatic heterocycles. The molecule has 15 heavy (non-hydrogen) atoms. The lowest BCUT2D eigenvalue weighted by molar-refractivity contribution is 0.0585. The fraction of sp³-hybridized carbons (Fsp3) is 0.400. The number of hydrogen-bond acceptors (Lipinski definition) is 3.